The molecule has 1 N–H and O–H groups in total. The quantitative estimate of drug-likeness (QED) is 0.596. The number of methoxy groups -OCH3 is 2. The van der Waals surface area contributed by atoms with Crippen LogP contribution in [0.3, 0.4) is 0 Å². The molecule has 0 bridgehead atoms. The highest BCUT2D eigenvalue weighted by Crippen LogP contribution is 2.27. The summed E-state index contributed by atoms with van der Waals surface area (Å²) in [5.74, 6) is 2.70. The second kappa shape index (κ2) is 9.01. The third-order valence-corrected chi connectivity index (χ3v) is 4.04. The molecule has 1 heterocycles. The van der Waals surface area contributed by atoms with E-state index in [-0.39, 0.29) is 0 Å². The van der Waals surface area contributed by atoms with Gasteiger partial charge in [0, 0.05) is 18.5 Å². The van der Waals surface area contributed by atoms with Crippen LogP contribution in [0.25, 0.3) is 11.5 Å². The van der Waals surface area contributed by atoms with Crippen molar-refractivity contribution in [3.8, 4) is 23.0 Å². The summed E-state index contributed by atoms with van der Waals surface area (Å²) in [6.07, 6.45) is 1.60. The summed E-state index contributed by atoms with van der Waals surface area (Å²) in [5.41, 5.74) is 2.13. The minimum atomic E-state index is 0.561. The molecule has 0 aliphatic heterocycles. The first-order valence-electron chi connectivity index (χ1n) is 8.59. The number of hydrogen-bond acceptors (Lipinski definition) is 6. The molecule has 1 aromatic heterocycles. The van der Waals surface area contributed by atoms with Gasteiger partial charge in [0.15, 0.2) is 11.5 Å². The van der Waals surface area contributed by atoms with Crippen molar-refractivity contribution in [2.24, 2.45) is 0 Å². The highest BCUT2D eigenvalue weighted by molar-refractivity contribution is 5.51. The van der Waals surface area contributed by atoms with Crippen molar-refractivity contribution in [2.45, 2.75) is 12.8 Å². The van der Waals surface area contributed by atoms with Gasteiger partial charge in [0.1, 0.15) is 0 Å². The molecular formula is C20H23N3O3. The van der Waals surface area contributed by atoms with E-state index in [0.717, 1.165) is 36.6 Å². The lowest BCUT2D eigenvalue weighted by Gasteiger charge is -2.09. The maximum absolute atomic E-state index is 5.70. The molecule has 2 aromatic carbocycles. The van der Waals surface area contributed by atoms with Gasteiger partial charge in [-0.1, -0.05) is 24.3 Å². The second-order valence-electron chi connectivity index (χ2n) is 5.81. The minimum absolute atomic E-state index is 0.561. The number of rotatable bonds is 9. The molecule has 6 nitrogen and oxygen atoms in total. The highest BCUT2D eigenvalue weighted by atomic mass is 16.5. The molecule has 0 atom stereocenters. The van der Waals surface area contributed by atoms with Gasteiger partial charge in [-0.25, -0.2) is 0 Å². The zero-order chi connectivity index (χ0) is 18.2. The average molecular weight is 353 g/mol. The molecule has 136 valence electrons. The molecule has 0 radical (unpaired) electrons. The van der Waals surface area contributed by atoms with Crippen LogP contribution in [-0.4, -0.2) is 37.5 Å². The molecular weight excluding hydrogens is 330 g/mol. The Morgan fingerprint density at radius 2 is 1.65 bits per heavy atom. The SMILES string of the molecule is COc1ccc(CCNCCc2nnc(-c3ccccc3)o2)cc1OC. The van der Waals surface area contributed by atoms with Crippen LogP contribution in [0.1, 0.15) is 11.5 Å². The van der Waals surface area contributed by atoms with Crippen molar-refractivity contribution >= 4 is 0 Å². The number of nitrogens with one attached hydrogen (secondary N) is 1. The van der Waals surface area contributed by atoms with E-state index in [1.165, 1.54) is 5.56 Å². The number of ether oxygens (including phenoxy) is 2. The minimum Gasteiger partial charge on any atom is -0.493 e. The van der Waals surface area contributed by atoms with Crippen molar-refractivity contribution in [1.29, 1.82) is 0 Å². The lowest BCUT2D eigenvalue weighted by Crippen LogP contribution is -2.20. The molecule has 3 rings (SSSR count). The van der Waals surface area contributed by atoms with Crippen LogP contribution in [0.4, 0.5) is 0 Å². The van der Waals surface area contributed by atoms with Crippen LogP contribution < -0.4 is 14.8 Å². The summed E-state index contributed by atoms with van der Waals surface area (Å²) in [7, 11) is 3.29. The number of aromatic nitrogens is 2. The molecule has 0 saturated heterocycles. The number of nitrogens with zero attached hydrogens (tertiary/aromatic N) is 2. The third kappa shape index (κ3) is 4.61. The van der Waals surface area contributed by atoms with Crippen LogP contribution in [0.15, 0.2) is 52.9 Å². The molecule has 26 heavy (non-hydrogen) atoms. The van der Waals surface area contributed by atoms with Crippen molar-refractivity contribution < 1.29 is 13.9 Å². The highest BCUT2D eigenvalue weighted by Gasteiger charge is 2.08. The van der Waals surface area contributed by atoms with Gasteiger partial charge in [-0.2, -0.15) is 0 Å². The van der Waals surface area contributed by atoms with Crippen molar-refractivity contribution in [3.63, 3.8) is 0 Å². The summed E-state index contributed by atoms with van der Waals surface area (Å²) in [6, 6.07) is 15.8. The van der Waals surface area contributed by atoms with E-state index in [1.54, 1.807) is 14.2 Å². The lowest BCUT2D eigenvalue weighted by atomic mass is 10.1. The molecule has 0 spiro atoms. The predicted octanol–water partition coefficient (Wildman–Crippen LogP) is 3.13. The molecule has 0 saturated carbocycles. The van der Waals surface area contributed by atoms with Crippen molar-refractivity contribution in [2.75, 3.05) is 27.3 Å². The van der Waals surface area contributed by atoms with E-state index in [9.17, 15) is 0 Å². The molecule has 0 fully saturated rings. The first-order chi connectivity index (χ1) is 12.8. The average Bonchev–Trinajstić information content (AvgIpc) is 3.17. The second-order valence-corrected chi connectivity index (χ2v) is 5.81. The fourth-order valence-electron chi connectivity index (χ4n) is 2.64. The van der Waals surface area contributed by atoms with E-state index >= 15 is 0 Å². The van der Waals surface area contributed by atoms with Gasteiger partial charge in [0.05, 0.1) is 14.2 Å². The van der Waals surface area contributed by atoms with Gasteiger partial charge in [-0.3, -0.25) is 0 Å². The number of benzene rings is 2. The van der Waals surface area contributed by atoms with E-state index < -0.39 is 0 Å². The zero-order valence-electron chi connectivity index (χ0n) is 15.1. The summed E-state index contributed by atoms with van der Waals surface area (Å²) >= 11 is 0. The normalized spacial score (nSPS) is 10.7. The van der Waals surface area contributed by atoms with Gasteiger partial charge in [0.2, 0.25) is 11.8 Å². The predicted molar refractivity (Wildman–Crippen MR) is 99.6 cm³/mol. The molecule has 6 heteroatoms. The first kappa shape index (κ1) is 17.9. The van der Waals surface area contributed by atoms with E-state index in [1.807, 2.05) is 48.5 Å². The van der Waals surface area contributed by atoms with E-state index in [0.29, 0.717) is 18.2 Å². The fourth-order valence-corrected chi connectivity index (χ4v) is 2.64. The Morgan fingerprint density at radius 1 is 0.885 bits per heavy atom. The zero-order valence-corrected chi connectivity index (χ0v) is 15.1. The smallest absolute Gasteiger partial charge is 0.247 e. The maximum Gasteiger partial charge on any atom is 0.247 e. The first-order valence-corrected chi connectivity index (χ1v) is 8.59. The molecule has 3 aromatic rings. The van der Waals surface area contributed by atoms with Gasteiger partial charge >= 0.3 is 0 Å². The molecule has 0 amide bonds. The monoisotopic (exact) mass is 353 g/mol. The van der Waals surface area contributed by atoms with Gasteiger partial charge in [-0.15, -0.1) is 10.2 Å². The number of hydrogen-bond donors (Lipinski definition) is 1. The molecule has 0 aliphatic rings. The Labute approximate surface area is 153 Å². The Kier molecular flexibility index (Phi) is 6.22. The van der Waals surface area contributed by atoms with Crippen LogP contribution in [0, 0.1) is 0 Å². The largest absolute Gasteiger partial charge is 0.493 e. The van der Waals surface area contributed by atoms with E-state index in [4.69, 9.17) is 13.9 Å². The molecule has 0 aliphatic carbocycles. The third-order valence-electron chi connectivity index (χ3n) is 4.04. The van der Waals surface area contributed by atoms with Gasteiger partial charge < -0.3 is 19.2 Å². The van der Waals surface area contributed by atoms with Crippen LogP contribution in [0.2, 0.25) is 0 Å². The van der Waals surface area contributed by atoms with Gasteiger partial charge in [-0.05, 0) is 42.8 Å². The van der Waals surface area contributed by atoms with Gasteiger partial charge in [0.25, 0.3) is 0 Å². The topological polar surface area (TPSA) is 69.4 Å². The fraction of sp³-hybridized carbons (Fsp3) is 0.300. The Morgan fingerprint density at radius 3 is 2.42 bits per heavy atom. The van der Waals surface area contributed by atoms with E-state index in [2.05, 4.69) is 15.5 Å². The Bertz CT molecular complexity index is 818. The van der Waals surface area contributed by atoms with Crippen molar-refractivity contribution in [1.82, 2.24) is 15.5 Å². The standard InChI is InChI=1S/C20H23N3O3/c1-24-17-9-8-15(14-18(17)25-2)10-12-21-13-11-19-22-23-20(26-19)16-6-4-3-5-7-16/h3-9,14,21H,10-13H2,1-2H3. The van der Waals surface area contributed by atoms with Crippen LogP contribution >= 0.6 is 0 Å². The summed E-state index contributed by atoms with van der Waals surface area (Å²) in [6.45, 7) is 1.64. The molecule has 0 unspecified atom stereocenters. The van der Waals surface area contributed by atoms with Crippen molar-refractivity contribution in [3.05, 3.63) is 60.0 Å². The summed E-state index contributed by atoms with van der Waals surface area (Å²) in [5, 5.41) is 11.6. The Balaban J connectivity index is 1.43. The lowest BCUT2D eigenvalue weighted by molar-refractivity contribution is 0.354. The van der Waals surface area contributed by atoms with Crippen LogP contribution in [-0.2, 0) is 12.8 Å². The summed E-state index contributed by atoms with van der Waals surface area (Å²) < 4.78 is 16.3. The maximum atomic E-state index is 5.70. The van der Waals surface area contributed by atoms with Crippen LogP contribution in [0.5, 0.6) is 11.5 Å². The Hall–Kier alpha value is -2.86. The summed E-state index contributed by atoms with van der Waals surface area (Å²) in [4.78, 5) is 0.